The third-order valence-corrected chi connectivity index (χ3v) is 6.47. The first-order valence-electron chi connectivity index (χ1n) is 8.92. The smallest absolute Gasteiger partial charge is 0.257 e. The van der Waals surface area contributed by atoms with Crippen LogP contribution in [-0.2, 0) is 16.6 Å². The van der Waals surface area contributed by atoms with Crippen molar-refractivity contribution < 1.29 is 22.3 Å². The molecule has 0 aliphatic heterocycles. The molecule has 0 aliphatic carbocycles. The highest BCUT2D eigenvalue weighted by Crippen LogP contribution is 2.26. The second-order valence-electron chi connectivity index (χ2n) is 6.24. The lowest BCUT2D eigenvalue weighted by molar-refractivity contribution is 0.0781. The van der Waals surface area contributed by atoms with Gasteiger partial charge in [-0.05, 0) is 35.9 Å². The number of rotatable bonds is 8. The predicted molar refractivity (Wildman–Crippen MR) is 105 cm³/mol. The number of carbonyl (C=O) groups is 1. The molecule has 0 saturated carbocycles. The number of amides is 1. The molecule has 0 atom stereocenters. The normalized spacial score (nSPS) is 11.5. The summed E-state index contributed by atoms with van der Waals surface area (Å²) in [6, 6.07) is 10.1. The van der Waals surface area contributed by atoms with E-state index in [4.69, 9.17) is 4.74 Å². The molecule has 2 aromatic carbocycles. The predicted octanol–water partition coefficient (Wildman–Crippen LogP) is 3.14. The van der Waals surface area contributed by atoms with Crippen molar-refractivity contribution in [1.82, 2.24) is 9.21 Å². The van der Waals surface area contributed by atoms with Gasteiger partial charge in [0.1, 0.15) is 11.6 Å². The molecule has 2 rings (SSSR count). The molecule has 0 bridgehead atoms. The fourth-order valence-corrected chi connectivity index (χ4v) is 4.35. The van der Waals surface area contributed by atoms with Crippen LogP contribution in [0.1, 0.15) is 29.8 Å². The molecular weight excluding hydrogens is 383 g/mol. The van der Waals surface area contributed by atoms with Crippen LogP contribution in [0.15, 0.2) is 47.4 Å². The minimum Gasteiger partial charge on any atom is -0.496 e. The zero-order valence-corrected chi connectivity index (χ0v) is 17.3. The Balaban J connectivity index is 2.37. The van der Waals surface area contributed by atoms with Crippen LogP contribution in [0.5, 0.6) is 5.75 Å². The molecule has 6 nitrogen and oxygen atoms in total. The summed E-state index contributed by atoms with van der Waals surface area (Å²) in [4.78, 5) is 14.4. The number of methoxy groups -OCH3 is 1. The van der Waals surface area contributed by atoms with Crippen LogP contribution in [0.25, 0.3) is 0 Å². The third-order valence-electron chi connectivity index (χ3n) is 4.42. The van der Waals surface area contributed by atoms with Gasteiger partial charge in [-0.25, -0.2) is 12.8 Å². The van der Waals surface area contributed by atoms with Crippen LogP contribution >= 0.6 is 0 Å². The highest BCUT2D eigenvalue weighted by atomic mass is 32.2. The van der Waals surface area contributed by atoms with Gasteiger partial charge in [0.15, 0.2) is 0 Å². The van der Waals surface area contributed by atoms with Crippen molar-refractivity contribution in [3.63, 3.8) is 0 Å². The molecule has 0 heterocycles. The van der Waals surface area contributed by atoms with Crippen molar-refractivity contribution in [3.05, 3.63) is 59.4 Å². The molecule has 0 radical (unpaired) electrons. The summed E-state index contributed by atoms with van der Waals surface area (Å²) in [6.45, 7) is 4.42. The van der Waals surface area contributed by atoms with E-state index in [2.05, 4.69) is 0 Å². The zero-order chi connectivity index (χ0) is 20.9. The van der Waals surface area contributed by atoms with E-state index in [0.29, 0.717) is 13.1 Å². The maximum absolute atomic E-state index is 13.1. The largest absolute Gasteiger partial charge is 0.496 e. The summed E-state index contributed by atoms with van der Waals surface area (Å²) in [5, 5.41) is 0. The molecule has 8 heteroatoms. The van der Waals surface area contributed by atoms with Crippen molar-refractivity contribution >= 4 is 15.9 Å². The van der Waals surface area contributed by atoms with E-state index in [0.717, 1.165) is 5.56 Å². The van der Waals surface area contributed by atoms with E-state index in [1.54, 1.807) is 33.0 Å². The quantitative estimate of drug-likeness (QED) is 0.673. The molecule has 0 fully saturated rings. The van der Waals surface area contributed by atoms with E-state index in [1.165, 1.54) is 46.6 Å². The number of halogens is 1. The Morgan fingerprint density at radius 2 is 1.68 bits per heavy atom. The van der Waals surface area contributed by atoms with Gasteiger partial charge >= 0.3 is 0 Å². The lowest BCUT2D eigenvalue weighted by Gasteiger charge is -2.21. The van der Waals surface area contributed by atoms with Crippen LogP contribution in [0.2, 0.25) is 0 Å². The monoisotopic (exact) mass is 408 g/mol. The van der Waals surface area contributed by atoms with Gasteiger partial charge in [-0.15, -0.1) is 0 Å². The van der Waals surface area contributed by atoms with Crippen molar-refractivity contribution in [3.8, 4) is 5.75 Å². The zero-order valence-electron chi connectivity index (χ0n) is 16.5. The fraction of sp³-hybridized carbons (Fsp3) is 0.350. The van der Waals surface area contributed by atoms with Crippen molar-refractivity contribution in [1.29, 1.82) is 0 Å². The van der Waals surface area contributed by atoms with Gasteiger partial charge in [0.2, 0.25) is 10.0 Å². The molecule has 0 aromatic heterocycles. The number of hydrogen-bond donors (Lipinski definition) is 0. The average molecular weight is 408 g/mol. The molecule has 0 N–H and O–H groups in total. The van der Waals surface area contributed by atoms with E-state index < -0.39 is 15.9 Å². The second kappa shape index (κ2) is 9.16. The standard InChI is InChI=1S/C20H25FN2O4S/c1-5-23(6-2)28(25,26)17-11-12-19(27-4)18(13-17)20(24)22(3)14-15-7-9-16(21)10-8-15/h7-13H,5-6,14H2,1-4H3. The van der Waals surface area contributed by atoms with Gasteiger partial charge in [0, 0.05) is 26.7 Å². The summed E-state index contributed by atoms with van der Waals surface area (Å²) in [5.74, 6) is -0.457. The van der Waals surface area contributed by atoms with Gasteiger partial charge < -0.3 is 9.64 Å². The Morgan fingerprint density at radius 1 is 1.07 bits per heavy atom. The summed E-state index contributed by atoms with van der Waals surface area (Å²) >= 11 is 0. The number of hydrogen-bond acceptors (Lipinski definition) is 4. The lowest BCUT2D eigenvalue weighted by atomic mass is 10.1. The number of nitrogens with zero attached hydrogens (tertiary/aromatic N) is 2. The number of benzene rings is 2. The van der Waals surface area contributed by atoms with E-state index in [1.807, 2.05) is 0 Å². The minimum absolute atomic E-state index is 0.0375. The topological polar surface area (TPSA) is 66.9 Å². The molecular formula is C20H25FN2O4S. The van der Waals surface area contributed by atoms with Gasteiger partial charge in [-0.1, -0.05) is 26.0 Å². The Labute approximate surface area is 165 Å². The molecule has 2 aromatic rings. The van der Waals surface area contributed by atoms with Gasteiger partial charge in [-0.2, -0.15) is 4.31 Å². The number of ether oxygens (including phenoxy) is 1. The lowest BCUT2D eigenvalue weighted by Crippen LogP contribution is -2.31. The molecule has 0 unspecified atom stereocenters. The first-order chi connectivity index (χ1) is 13.2. The van der Waals surface area contributed by atoms with Crippen molar-refractivity contribution in [2.75, 3.05) is 27.2 Å². The Bertz CT molecular complexity index is 926. The van der Waals surface area contributed by atoms with Crippen LogP contribution in [0.3, 0.4) is 0 Å². The molecule has 28 heavy (non-hydrogen) atoms. The Morgan fingerprint density at radius 3 is 2.21 bits per heavy atom. The maximum atomic E-state index is 13.1. The number of carbonyl (C=O) groups excluding carboxylic acids is 1. The van der Waals surface area contributed by atoms with Gasteiger partial charge in [0.25, 0.3) is 5.91 Å². The van der Waals surface area contributed by atoms with E-state index in [9.17, 15) is 17.6 Å². The summed E-state index contributed by atoms with van der Waals surface area (Å²) in [6.07, 6.45) is 0. The molecule has 152 valence electrons. The highest BCUT2D eigenvalue weighted by molar-refractivity contribution is 7.89. The summed E-state index contributed by atoms with van der Waals surface area (Å²) in [7, 11) is -0.691. The van der Waals surface area contributed by atoms with Crippen LogP contribution in [-0.4, -0.2) is 50.8 Å². The van der Waals surface area contributed by atoms with Gasteiger partial charge in [0.05, 0.1) is 17.6 Å². The first-order valence-corrected chi connectivity index (χ1v) is 10.4. The molecule has 0 aliphatic rings. The molecule has 0 spiro atoms. The minimum atomic E-state index is -3.71. The summed E-state index contributed by atoms with van der Waals surface area (Å²) in [5.41, 5.74) is 0.906. The Hall–Kier alpha value is -2.45. The van der Waals surface area contributed by atoms with Crippen molar-refractivity contribution in [2.45, 2.75) is 25.3 Å². The van der Waals surface area contributed by atoms with Crippen LogP contribution in [0.4, 0.5) is 4.39 Å². The Kier molecular flexibility index (Phi) is 7.15. The number of sulfonamides is 1. The van der Waals surface area contributed by atoms with E-state index >= 15 is 0 Å². The second-order valence-corrected chi connectivity index (χ2v) is 8.18. The first kappa shape index (κ1) is 21.8. The van der Waals surface area contributed by atoms with Gasteiger partial charge in [-0.3, -0.25) is 4.79 Å². The highest BCUT2D eigenvalue weighted by Gasteiger charge is 2.25. The average Bonchev–Trinajstić information content (AvgIpc) is 2.69. The van der Waals surface area contributed by atoms with Crippen LogP contribution < -0.4 is 4.74 Å². The third kappa shape index (κ3) is 4.69. The molecule has 1 amide bonds. The molecule has 0 saturated heterocycles. The summed E-state index contributed by atoms with van der Waals surface area (Å²) < 4.78 is 45.2. The maximum Gasteiger partial charge on any atom is 0.257 e. The fourth-order valence-electron chi connectivity index (χ4n) is 2.87. The van der Waals surface area contributed by atoms with Crippen molar-refractivity contribution in [2.24, 2.45) is 0 Å². The van der Waals surface area contributed by atoms with E-state index in [-0.39, 0.29) is 28.6 Å². The SMILES string of the molecule is CCN(CC)S(=O)(=O)c1ccc(OC)c(C(=O)N(C)Cc2ccc(F)cc2)c1. The van der Waals surface area contributed by atoms with Crippen LogP contribution in [0, 0.1) is 5.82 Å².